The van der Waals surface area contributed by atoms with Crippen LogP contribution in [0.4, 0.5) is 4.39 Å². The molecule has 1 unspecified atom stereocenters. The number of benzene rings is 1. The van der Waals surface area contributed by atoms with E-state index in [2.05, 4.69) is 6.07 Å². The summed E-state index contributed by atoms with van der Waals surface area (Å²) < 4.78 is 12.8. The third-order valence-corrected chi connectivity index (χ3v) is 3.19. The molecule has 0 saturated heterocycles. The molecule has 0 heterocycles. The molecule has 0 bridgehead atoms. The predicted molar refractivity (Wildman–Crippen MR) is 71.9 cm³/mol. The Hall–Kier alpha value is -1.89. The Balaban J connectivity index is 2.61. The molecule has 0 fully saturated rings. The van der Waals surface area contributed by atoms with Crippen molar-refractivity contribution in [2.24, 2.45) is 0 Å². The number of halogens is 1. The van der Waals surface area contributed by atoms with Crippen LogP contribution in [0.1, 0.15) is 38.2 Å². The second kappa shape index (κ2) is 7.52. The maximum atomic E-state index is 12.8. The van der Waals surface area contributed by atoms with Crippen LogP contribution >= 0.6 is 0 Å². The van der Waals surface area contributed by atoms with Crippen LogP contribution in [-0.4, -0.2) is 23.9 Å². The summed E-state index contributed by atoms with van der Waals surface area (Å²) in [6.07, 6.45) is 0.814. The van der Waals surface area contributed by atoms with E-state index in [0.717, 1.165) is 5.56 Å². The van der Waals surface area contributed by atoms with Gasteiger partial charge in [-0.15, -0.1) is 0 Å². The Morgan fingerprint density at radius 3 is 2.37 bits per heavy atom. The highest BCUT2D eigenvalue weighted by atomic mass is 19.1. The fourth-order valence-electron chi connectivity index (χ4n) is 2.00. The van der Waals surface area contributed by atoms with Crippen molar-refractivity contribution >= 4 is 5.91 Å². The fraction of sp³-hybridized carbons (Fsp3) is 0.467. The molecule has 0 saturated carbocycles. The van der Waals surface area contributed by atoms with E-state index in [0.29, 0.717) is 25.9 Å². The molecule has 0 aromatic heterocycles. The number of carbonyl (C=O) groups is 1. The summed E-state index contributed by atoms with van der Waals surface area (Å²) in [5, 5.41) is 9.15. The zero-order valence-corrected chi connectivity index (χ0v) is 11.4. The summed E-state index contributed by atoms with van der Waals surface area (Å²) in [5.74, 6) is -0.618. The topological polar surface area (TPSA) is 44.1 Å². The Bertz CT molecular complexity index is 446. The number of hydrogen-bond donors (Lipinski definition) is 0. The Morgan fingerprint density at radius 2 is 1.89 bits per heavy atom. The number of nitriles is 1. The van der Waals surface area contributed by atoms with Crippen molar-refractivity contribution < 1.29 is 9.18 Å². The Kier molecular flexibility index (Phi) is 6.01. The lowest BCUT2D eigenvalue weighted by Crippen LogP contribution is -2.30. The number of hydrogen-bond acceptors (Lipinski definition) is 2. The summed E-state index contributed by atoms with van der Waals surface area (Å²) in [7, 11) is 0. The predicted octanol–water partition coefficient (Wildman–Crippen LogP) is 3.08. The van der Waals surface area contributed by atoms with E-state index >= 15 is 0 Å². The molecule has 4 heteroatoms. The molecular weight excluding hydrogens is 243 g/mol. The van der Waals surface area contributed by atoms with Gasteiger partial charge in [0.1, 0.15) is 5.82 Å². The first-order valence-corrected chi connectivity index (χ1v) is 6.55. The lowest BCUT2D eigenvalue weighted by Gasteiger charge is -2.19. The molecule has 1 aromatic carbocycles. The molecular formula is C15H19FN2O. The average molecular weight is 262 g/mol. The van der Waals surface area contributed by atoms with Gasteiger partial charge in [0.15, 0.2) is 0 Å². The van der Waals surface area contributed by atoms with E-state index in [4.69, 9.17) is 5.26 Å². The van der Waals surface area contributed by atoms with Crippen molar-refractivity contribution in [3.05, 3.63) is 35.6 Å². The third-order valence-electron chi connectivity index (χ3n) is 3.19. The van der Waals surface area contributed by atoms with E-state index in [1.165, 1.54) is 12.1 Å². The SMILES string of the molecule is CCN(CC)C(=O)CCC(C#N)c1ccc(F)cc1. The molecule has 1 rings (SSSR count). The summed E-state index contributed by atoms with van der Waals surface area (Å²) in [5.41, 5.74) is 0.760. The van der Waals surface area contributed by atoms with Crippen molar-refractivity contribution in [2.75, 3.05) is 13.1 Å². The minimum Gasteiger partial charge on any atom is -0.343 e. The third kappa shape index (κ3) is 4.36. The molecule has 0 aliphatic carbocycles. The Labute approximate surface area is 113 Å². The van der Waals surface area contributed by atoms with Gasteiger partial charge >= 0.3 is 0 Å². The van der Waals surface area contributed by atoms with Gasteiger partial charge in [0, 0.05) is 19.5 Å². The normalized spacial score (nSPS) is 11.7. The van der Waals surface area contributed by atoms with Crippen molar-refractivity contribution in [2.45, 2.75) is 32.6 Å². The van der Waals surface area contributed by atoms with Crippen molar-refractivity contribution in [1.29, 1.82) is 5.26 Å². The van der Waals surface area contributed by atoms with Gasteiger partial charge in [-0.2, -0.15) is 5.26 Å². The van der Waals surface area contributed by atoms with Crippen LogP contribution in [0, 0.1) is 17.1 Å². The molecule has 1 atom stereocenters. The van der Waals surface area contributed by atoms with Crippen LogP contribution in [0.25, 0.3) is 0 Å². The van der Waals surface area contributed by atoms with E-state index in [1.54, 1.807) is 17.0 Å². The zero-order valence-electron chi connectivity index (χ0n) is 11.4. The molecule has 1 amide bonds. The van der Waals surface area contributed by atoms with Gasteiger partial charge in [0.25, 0.3) is 0 Å². The first-order chi connectivity index (χ1) is 9.12. The maximum absolute atomic E-state index is 12.8. The highest BCUT2D eigenvalue weighted by molar-refractivity contribution is 5.76. The number of rotatable bonds is 6. The second-order valence-corrected chi connectivity index (χ2v) is 4.34. The van der Waals surface area contributed by atoms with Gasteiger partial charge in [-0.25, -0.2) is 4.39 Å². The van der Waals surface area contributed by atoms with Crippen LogP contribution in [0.3, 0.4) is 0 Å². The molecule has 1 aromatic rings. The highest BCUT2D eigenvalue weighted by Crippen LogP contribution is 2.21. The van der Waals surface area contributed by atoms with Crippen LogP contribution in [-0.2, 0) is 4.79 Å². The molecule has 3 nitrogen and oxygen atoms in total. The monoisotopic (exact) mass is 262 g/mol. The minimum atomic E-state index is -0.361. The fourth-order valence-corrected chi connectivity index (χ4v) is 2.00. The zero-order chi connectivity index (χ0) is 14.3. The molecule has 0 aliphatic heterocycles. The lowest BCUT2D eigenvalue weighted by atomic mass is 9.95. The van der Waals surface area contributed by atoms with Gasteiger partial charge in [-0.3, -0.25) is 4.79 Å². The van der Waals surface area contributed by atoms with Gasteiger partial charge in [-0.1, -0.05) is 12.1 Å². The maximum Gasteiger partial charge on any atom is 0.222 e. The number of nitrogens with zero attached hydrogens (tertiary/aromatic N) is 2. The van der Waals surface area contributed by atoms with Crippen LogP contribution in [0.15, 0.2) is 24.3 Å². The highest BCUT2D eigenvalue weighted by Gasteiger charge is 2.15. The van der Waals surface area contributed by atoms with E-state index in [-0.39, 0.29) is 17.6 Å². The molecule has 102 valence electrons. The second-order valence-electron chi connectivity index (χ2n) is 4.34. The first kappa shape index (κ1) is 15.2. The van der Waals surface area contributed by atoms with Gasteiger partial charge in [0.05, 0.1) is 12.0 Å². The number of carbonyl (C=O) groups excluding carboxylic acids is 1. The van der Waals surface area contributed by atoms with Crippen molar-refractivity contribution in [3.63, 3.8) is 0 Å². The number of amides is 1. The first-order valence-electron chi connectivity index (χ1n) is 6.55. The molecule has 0 N–H and O–H groups in total. The molecule has 19 heavy (non-hydrogen) atoms. The van der Waals surface area contributed by atoms with Gasteiger partial charge in [0.2, 0.25) is 5.91 Å². The molecule has 0 spiro atoms. The lowest BCUT2D eigenvalue weighted by molar-refractivity contribution is -0.130. The summed E-state index contributed by atoms with van der Waals surface area (Å²) in [6.45, 7) is 5.23. The van der Waals surface area contributed by atoms with E-state index in [1.807, 2.05) is 13.8 Å². The Morgan fingerprint density at radius 1 is 1.32 bits per heavy atom. The summed E-state index contributed by atoms with van der Waals surface area (Å²) in [4.78, 5) is 13.6. The summed E-state index contributed by atoms with van der Waals surface area (Å²) >= 11 is 0. The summed E-state index contributed by atoms with van der Waals surface area (Å²) in [6, 6.07) is 8.06. The standard InChI is InChI=1S/C15H19FN2O/c1-3-18(4-2)15(19)10-7-13(11-17)12-5-8-14(16)9-6-12/h5-6,8-9,13H,3-4,7,10H2,1-2H3. The smallest absolute Gasteiger partial charge is 0.222 e. The van der Waals surface area contributed by atoms with Gasteiger partial charge < -0.3 is 4.90 Å². The van der Waals surface area contributed by atoms with Crippen LogP contribution in [0.5, 0.6) is 0 Å². The molecule has 0 aliphatic rings. The quantitative estimate of drug-likeness (QED) is 0.790. The van der Waals surface area contributed by atoms with Crippen molar-refractivity contribution in [1.82, 2.24) is 4.90 Å². The molecule has 0 radical (unpaired) electrons. The van der Waals surface area contributed by atoms with Gasteiger partial charge in [-0.05, 0) is 38.0 Å². The van der Waals surface area contributed by atoms with Crippen LogP contribution in [0.2, 0.25) is 0 Å². The van der Waals surface area contributed by atoms with Crippen LogP contribution < -0.4 is 0 Å². The van der Waals surface area contributed by atoms with E-state index in [9.17, 15) is 9.18 Å². The van der Waals surface area contributed by atoms with Crippen molar-refractivity contribution in [3.8, 4) is 6.07 Å². The minimum absolute atomic E-state index is 0.0624. The largest absolute Gasteiger partial charge is 0.343 e. The van der Waals surface area contributed by atoms with E-state index < -0.39 is 0 Å². The average Bonchev–Trinajstić information content (AvgIpc) is 2.42.